The molecular formula is C16H26N2. The van der Waals surface area contributed by atoms with Crippen molar-refractivity contribution >= 4 is 5.69 Å². The van der Waals surface area contributed by atoms with E-state index in [0.717, 1.165) is 13.1 Å². The second kappa shape index (κ2) is 5.75. The number of hydrogen-bond acceptors (Lipinski definition) is 2. The predicted octanol–water partition coefficient (Wildman–Crippen LogP) is 3.39. The van der Waals surface area contributed by atoms with Gasteiger partial charge in [0.05, 0.1) is 0 Å². The van der Waals surface area contributed by atoms with Crippen molar-refractivity contribution in [1.82, 2.24) is 5.32 Å². The van der Waals surface area contributed by atoms with Crippen molar-refractivity contribution < 1.29 is 0 Å². The fourth-order valence-corrected chi connectivity index (χ4v) is 2.61. The second-order valence-electron chi connectivity index (χ2n) is 5.76. The first-order chi connectivity index (χ1) is 8.61. The standard InChI is InChI=1S/C16H26N2/c1-5-15-11-18(13(4)10-17-15)16-8-6-14(7-9-16)12(2)3/h6-9,12-13,15,17H,5,10-11H2,1-4H3. The molecule has 1 fully saturated rings. The first-order valence-electron chi connectivity index (χ1n) is 7.21. The number of benzene rings is 1. The third-order valence-electron chi connectivity index (χ3n) is 4.04. The minimum atomic E-state index is 0.581. The van der Waals surface area contributed by atoms with E-state index in [9.17, 15) is 0 Å². The maximum Gasteiger partial charge on any atom is 0.0387 e. The summed E-state index contributed by atoms with van der Waals surface area (Å²) in [6.07, 6.45) is 1.20. The maximum atomic E-state index is 3.61. The minimum absolute atomic E-state index is 0.581. The van der Waals surface area contributed by atoms with E-state index in [1.807, 2.05) is 0 Å². The van der Waals surface area contributed by atoms with Crippen LogP contribution in [0.5, 0.6) is 0 Å². The van der Waals surface area contributed by atoms with Crippen molar-refractivity contribution in [2.75, 3.05) is 18.0 Å². The van der Waals surface area contributed by atoms with Crippen LogP contribution in [0, 0.1) is 0 Å². The molecule has 2 heteroatoms. The van der Waals surface area contributed by atoms with Gasteiger partial charge in [-0.05, 0) is 37.0 Å². The van der Waals surface area contributed by atoms with Crippen LogP contribution in [-0.4, -0.2) is 25.2 Å². The summed E-state index contributed by atoms with van der Waals surface area (Å²) in [5.41, 5.74) is 2.79. The first-order valence-corrected chi connectivity index (χ1v) is 7.21. The Labute approximate surface area is 111 Å². The summed E-state index contributed by atoms with van der Waals surface area (Å²) in [5.74, 6) is 0.614. The zero-order chi connectivity index (χ0) is 13.1. The first kappa shape index (κ1) is 13.4. The topological polar surface area (TPSA) is 15.3 Å². The van der Waals surface area contributed by atoms with E-state index in [0.29, 0.717) is 18.0 Å². The molecule has 0 bridgehead atoms. The molecule has 1 aromatic carbocycles. The normalized spacial score (nSPS) is 24.6. The fraction of sp³-hybridized carbons (Fsp3) is 0.625. The van der Waals surface area contributed by atoms with Crippen LogP contribution in [0.4, 0.5) is 5.69 Å². The number of nitrogens with one attached hydrogen (secondary N) is 1. The Morgan fingerprint density at radius 2 is 1.94 bits per heavy atom. The van der Waals surface area contributed by atoms with Gasteiger partial charge in [0, 0.05) is 30.9 Å². The lowest BCUT2D eigenvalue weighted by Crippen LogP contribution is -2.55. The molecule has 0 radical (unpaired) electrons. The molecule has 1 N–H and O–H groups in total. The van der Waals surface area contributed by atoms with Gasteiger partial charge in [-0.25, -0.2) is 0 Å². The molecule has 1 aliphatic rings. The Morgan fingerprint density at radius 1 is 1.28 bits per heavy atom. The molecule has 1 heterocycles. The molecule has 2 unspecified atom stereocenters. The van der Waals surface area contributed by atoms with E-state index in [1.165, 1.54) is 17.7 Å². The number of hydrogen-bond donors (Lipinski definition) is 1. The summed E-state index contributed by atoms with van der Waals surface area (Å²) in [5, 5.41) is 3.61. The zero-order valence-corrected chi connectivity index (χ0v) is 12.1. The van der Waals surface area contributed by atoms with Crippen LogP contribution in [0.3, 0.4) is 0 Å². The van der Waals surface area contributed by atoms with Crippen LogP contribution < -0.4 is 10.2 Å². The molecule has 0 amide bonds. The molecule has 2 atom stereocenters. The summed E-state index contributed by atoms with van der Waals surface area (Å²) < 4.78 is 0. The Morgan fingerprint density at radius 3 is 2.50 bits per heavy atom. The molecular weight excluding hydrogens is 220 g/mol. The lowest BCUT2D eigenvalue weighted by molar-refractivity contribution is 0.397. The molecule has 1 aromatic rings. The van der Waals surface area contributed by atoms with Crippen LogP contribution in [0.2, 0.25) is 0 Å². The minimum Gasteiger partial charge on any atom is -0.366 e. The summed E-state index contributed by atoms with van der Waals surface area (Å²) >= 11 is 0. The van der Waals surface area contributed by atoms with Crippen molar-refractivity contribution in [3.05, 3.63) is 29.8 Å². The van der Waals surface area contributed by atoms with Gasteiger partial charge >= 0.3 is 0 Å². The molecule has 18 heavy (non-hydrogen) atoms. The fourth-order valence-electron chi connectivity index (χ4n) is 2.61. The lowest BCUT2D eigenvalue weighted by atomic mass is 10.0. The molecule has 100 valence electrons. The number of piperazine rings is 1. The number of anilines is 1. The molecule has 1 aliphatic heterocycles. The number of nitrogens with zero attached hydrogens (tertiary/aromatic N) is 1. The molecule has 2 rings (SSSR count). The van der Waals surface area contributed by atoms with Crippen molar-refractivity contribution in [2.45, 2.75) is 52.1 Å². The van der Waals surface area contributed by atoms with Gasteiger partial charge < -0.3 is 10.2 Å². The molecule has 0 spiro atoms. The average Bonchev–Trinajstić information content (AvgIpc) is 2.39. The Balaban J connectivity index is 2.13. The lowest BCUT2D eigenvalue weighted by Gasteiger charge is -2.40. The molecule has 0 saturated carbocycles. The predicted molar refractivity (Wildman–Crippen MR) is 79.4 cm³/mol. The van der Waals surface area contributed by atoms with Crippen molar-refractivity contribution in [3.8, 4) is 0 Å². The van der Waals surface area contributed by atoms with Gasteiger partial charge in [0.1, 0.15) is 0 Å². The average molecular weight is 246 g/mol. The quantitative estimate of drug-likeness (QED) is 0.879. The summed E-state index contributed by atoms with van der Waals surface area (Å²) in [7, 11) is 0. The zero-order valence-electron chi connectivity index (χ0n) is 12.1. The van der Waals surface area contributed by atoms with Crippen LogP contribution >= 0.6 is 0 Å². The summed E-state index contributed by atoms with van der Waals surface area (Å²) in [6, 6.07) is 10.3. The van der Waals surface area contributed by atoms with E-state index in [1.54, 1.807) is 0 Å². The van der Waals surface area contributed by atoms with E-state index in [2.05, 4.69) is 62.2 Å². The Hall–Kier alpha value is -1.02. The van der Waals surface area contributed by atoms with Gasteiger partial charge in [-0.3, -0.25) is 0 Å². The van der Waals surface area contributed by atoms with Crippen LogP contribution in [-0.2, 0) is 0 Å². The Kier molecular flexibility index (Phi) is 4.28. The van der Waals surface area contributed by atoms with E-state index < -0.39 is 0 Å². The van der Waals surface area contributed by atoms with Gasteiger partial charge in [-0.15, -0.1) is 0 Å². The smallest absolute Gasteiger partial charge is 0.0387 e. The Bertz CT molecular complexity index is 369. The summed E-state index contributed by atoms with van der Waals surface area (Å²) in [6.45, 7) is 11.3. The van der Waals surface area contributed by atoms with Crippen LogP contribution in [0.1, 0.15) is 45.6 Å². The van der Waals surface area contributed by atoms with Crippen molar-refractivity contribution in [1.29, 1.82) is 0 Å². The monoisotopic (exact) mass is 246 g/mol. The van der Waals surface area contributed by atoms with E-state index in [-0.39, 0.29) is 0 Å². The molecule has 2 nitrogen and oxygen atoms in total. The van der Waals surface area contributed by atoms with E-state index in [4.69, 9.17) is 0 Å². The van der Waals surface area contributed by atoms with Gasteiger partial charge in [-0.1, -0.05) is 32.9 Å². The molecule has 0 aliphatic carbocycles. The molecule has 0 aromatic heterocycles. The third kappa shape index (κ3) is 2.86. The van der Waals surface area contributed by atoms with Gasteiger partial charge in [0.25, 0.3) is 0 Å². The number of rotatable bonds is 3. The van der Waals surface area contributed by atoms with Crippen LogP contribution in [0.15, 0.2) is 24.3 Å². The molecule has 1 saturated heterocycles. The van der Waals surface area contributed by atoms with Crippen LogP contribution in [0.25, 0.3) is 0 Å². The van der Waals surface area contributed by atoms with Crippen molar-refractivity contribution in [2.24, 2.45) is 0 Å². The van der Waals surface area contributed by atoms with Crippen molar-refractivity contribution in [3.63, 3.8) is 0 Å². The largest absolute Gasteiger partial charge is 0.366 e. The van der Waals surface area contributed by atoms with Gasteiger partial charge in [0.15, 0.2) is 0 Å². The highest BCUT2D eigenvalue weighted by Crippen LogP contribution is 2.23. The second-order valence-corrected chi connectivity index (χ2v) is 5.76. The van der Waals surface area contributed by atoms with Gasteiger partial charge in [0.2, 0.25) is 0 Å². The third-order valence-corrected chi connectivity index (χ3v) is 4.04. The van der Waals surface area contributed by atoms with Gasteiger partial charge in [-0.2, -0.15) is 0 Å². The van der Waals surface area contributed by atoms with E-state index >= 15 is 0 Å². The highest BCUT2D eigenvalue weighted by atomic mass is 15.2. The summed E-state index contributed by atoms with van der Waals surface area (Å²) in [4.78, 5) is 2.54. The SMILES string of the molecule is CCC1CN(c2ccc(C(C)C)cc2)C(C)CN1. The highest BCUT2D eigenvalue weighted by Gasteiger charge is 2.23. The highest BCUT2D eigenvalue weighted by molar-refractivity contribution is 5.49. The maximum absolute atomic E-state index is 3.61.